The summed E-state index contributed by atoms with van der Waals surface area (Å²) in [5.74, 6) is 0. The van der Waals surface area contributed by atoms with Gasteiger partial charge in [0.25, 0.3) is 0 Å². The number of aromatic nitrogens is 1. The first kappa shape index (κ1) is 11.8. The maximum Gasteiger partial charge on any atom is 0.404 e. The van der Waals surface area contributed by atoms with Crippen molar-refractivity contribution in [3.8, 4) is 0 Å². The van der Waals surface area contributed by atoms with Crippen molar-refractivity contribution in [2.75, 3.05) is 0 Å². The molecule has 0 saturated carbocycles. The van der Waals surface area contributed by atoms with Crippen LogP contribution in [0.15, 0.2) is 24.4 Å². The van der Waals surface area contributed by atoms with Crippen LogP contribution in [0.3, 0.4) is 0 Å². The molecule has 0 aliphatic heterocycles. The highest BCUT2D eigenvalue weighted by atomic mass is 35.5. The predicted octanol–water partition coefficient (Wildman–Crippen LogP) is 3.02. The summed E-state index contributed by atoms with van der Waals surface area (Å²) in [5, 5.41) is 12.8. The largest absolute Gasteiger partial charge is 0.465 e. The monoisotopic (exact) mass is 252 g/mol. The molecule has 1 aromatic carbocycles. The molecule has 2 aromatic rings. The van der Waals surface area contributed by atoms with Gasteiger partial charge in [-0.3, -0.25) is 0 Å². The van der Waals surface area contributed by atoms with E-state index in [1.807, 2.05) is 31.3 Å². The van der Waals surface area contributed by atoms with Crippen LogP contribution >= 0.6 is 11.6 Å². The molecule has 1 aromatic heterocycles. The SMILES string of the molecule is C[C@@H](Cc1c[nH]c2ccc(Cl)cc12)NC(=O)O. The van der Waals surface area contributed by atoms with E-state index in [1.54, 1.807) is 0 Å². The first-order valence-corrected chi connectivity index (χ1v) is 5.69. The molecule has 0 saturated heterocycles. The van der Waals surface area contributed by atoms with Crippen LogP contribution in [0, 0.1) is 0 Å². The molecule has 0 bridgehead atoms. The van der Waals surface area contributed by atoms with E-state index in [0.717, 1.165) is 16.5 Å². The number of hydrogen-bond acceptors (Lipinski definition) is 1. The maximum atomic E-state index is 10.5. The molecule has 2 rings (SSSR count). The van der Waals surface area contributed by atoms with Gasteiger partial charge in [-0.2, -0.15) is 0 Å². The molecule has 1 amide bonds. The van der Waals surface area contributed by atoms with Crippen LogP contribution in [0.4, 0.5) is 4.79 Å². The third-order valence-corrected chi connectivity index (χ3v) is 2.86. The lowest BCUT2D eigenvalue weighted by atomic mass is 10.1. The van der Waals surface area contributed by atoms with Crippen LogP contribution < -0.4 is 5.32 Å². The summed E-state index contributed by atoms with van der Waals surface area (Å²) < 4.78 is 0. The first-order chi connectivity index (χ1) is 8.06. The Hall–Kier alpha value is -1.68. The molecule has 1 heterocycles. The highest BCUT2D eigenvalue weighted by molar-refractivity contribution is 6.31. The molecule has 17 heavy (non-hydrogen) atoms. The minimum atomic E-state index is -1.00. The summed E-state index contributed by atoms with van der Waals surface area (Å²) in [7, 11) is 0. The summed E-state index contributed by atoms with van der Waals surface area (Å²) in [6, 6.07) is 5.49. The van der Waals surface area contributed by atoms with Crippen molar-refractivity contribution in [2.24, 2.45) is 0 Å². The topological polar surface area (TPSA) is 65.1 Å². The second-order valence-corrected chi connectivity index (χ2v) is 4.49. The Morgan fingerprint density at radius 2 is 2.35 bits per heavy atom. The van der Waals surface area contributed by atoms with E-state index in [0.29, 0.717) is 11.4 Å². The Kier molecular flexibility index (Phi) is 3.24. The van der Waals surface area contributed by atoms with Crippen LogP contribution in [-0.2, 0) is 6.42 Å². The van der Waals surface area contributed by atoms with Crippen molar-refractivity contribution in [3.63, 3.8) is 0 Å². The van der Waals surface area contributed by atoms with E-state index < -0.39 is 6.09 Å². The van der Waals surface area contributed by atoms with Crippen molar-refractivity contribution >= 4 is 28.6 Å². The molecule has 0 unspecified atom stereocenters. The summed E-state index contributed by atoms with van der Waals surface area (Å²) >= 11 is 5.94. The number of hydrogen-bond donors (Lipinski definition) is 3. The second-order valence-electron chi connectivity index (χ2n) is 4.06. The van der Waals surface area contributed by atoms with Gasteiger partial charge in [-0.25, -0.2) is 4.79 Å². The van der Waals surface area contributed by atoms with Crippen LogP contribution in [0.5, 0.6) is 0 Å². The van der Waals surface area contributed by atoms with Crippen molar-refractivity contribution in [2.45, 2.75) is 19.4 Å². The van der Waals surface area contributed by atoms with E-state index in [9.17, 15) is 4.79 Å². The highest BCUT2D eigenvalue weighted by Gasteiger charge is 2.10. The van der Waals surface area contributed by atoms with Crippen molar-refractivity contribution in [3.05, 3.63) is 35.0 Å². The van der Waals surface area contributed by atoms with Crippen LogP contribution in [0.25, 0.3) is 10.9 Å². The Labute approximate surface area is 104 Å². The van der Waals surface area contributed by atoms with E-state index in [1.165, 1.54) is 0 Å². The molecular weight excluding hydrogens is 240 g/mol. The molecule has 0 radical (unpaired) electrons. The average Bonchev–Trinajstić information content (AvgIpc) is 2.60. The number of rotatable bonds is 3. The quantitative estimate of drug-likeness (QED) is 0.786. The number of amides is 1. The molecule has 0 fully saturated rings. The van der Waals surface area contributed by atoms with Gasteiger partial charge in [0, 0.05) is 28.2 Å². The number of halogens is 1. The van der Waals surface area contributed by atoms with Crippen molar-refractivity contribution in [1.29, 1.82) is 0 Å². The molecule has 0 aliphatic rings. The molecule has 90 valence electrons. The minimum Gasteiger partial charge on any atom is -0.465 e. The summed E-state index contributed by atoms with van der Waals surface area (Å²) in [6.45, 7) is 1.83. The second kappa shape index (κ2) is 4.67. The van der Waals surface area contributed by atoms with Gasteiger partial charge in [0.15, 0.2) is 0 Å². The number of carboxylic acid groups (broad SMARTS) is 1. The van der Waals surface area contributed by atoms with Gasteiger partial charge in [0.1, 0.15) is 0 Å². The fourth-order valence-corrected chi connectivity index (χ4v) is 2.08. The Bertz CT molecular complexity index is 550. The zero-order chi connectivity index (χ0) is 12.4. The molecule has 3 N–H and O–H groups in total. The first-order valence-electron chi connectivity index (χ1n) is 5.31. The molecule has 4 nitrogen and oxygen atoms in total. The van der Waals surface area contributed by atoms with Gasteiger partial charge in [0.2, 0.25) is 0 Å². The number of nitrogens with one attached hydrogen (secondary N) is 2. The lowest BCUT2D eigenvalue weighted by Gasteiger charge is -2.10. The van der Waals surface area contributed by atoms with Crippen molar-refractivity contribution in [1.82, 2.24) is 10.3 Å². The number of benzene rings is 1. The summed E-state index contributed by atoms with van der Waals surface area (Å²) in [5.41, 5.74) is 2.07. The lowest BCUT2D eigenvalue weighted by molar-refractivity contribution is 0.190. The van der Waals surface area contributed by atoms with Gasteiger partial charge in [0.05, 0.1) is 0 Å². The maximum absolute atomic E-state index is 10.5. The lowest BCUT2D eigenvalue weighted by Crippen LogP contribution is -2.32. The Morgan fingerprint density at radius 1 is 1.59 bits per heavy atom. The fourth-order valence-electron chi connectivity index (χ4n) is 1.91. The summed E-state index contributed by atoms with van der Waals surface area (Å²) in [6.07, 6.45) is 1.52. The highest BCUT2D eigenvalue weighted by Crippen LogP contribution is 2.23. The smallest absolute Gasteiger partial charge is 0.404 e. The van der Waals surface area contributed by atoms with E-state index >= 15 is 0 Å². The minimum absolute atomic E-state index is 0.134. The fraction of sp³-hybridized carbons (Fsp3) is 0.250. The van der Waals surface area contributed by atoms with Gasteiger partial charge in [-0.15, -0.1) is 0 Å². The zero-order valence-electron chi connectivity index (χ0n) is 9.33. The van der Waals surface area contributed by atoms with Gasteiger partial charge >= 0.3 is 6.09 Å². The Balaban J connectivity index is 2.24. The third-order valence-electron chi connectivity index (χ3n) is 2.63. The van der Waals surface area contributed by atoms with Crippen molar-refractivity contribution < 1.29 is 9.90 Å². The van der Waals surface area contributed by atoms with Gasteiger partial charge < -0.3 is 15.4 Å². The number of carbonyl (C=O) groups is 1. The summed E-state index contributed by atoms with van der Waals surface area (Å²) in [4.78, 5) is 13.7. The standard InChI is InChI=1S/C12H13ClN2O2/c1-7(15-12(16)17)4-8-6-14-11-3-2-9(13)5-10(8)11/h2-3,5-7,14-15H,4H2,1H3,(H,16,17)/t7-/m0/s1. The van der Waals surface area contributed by atoms with Crippen LogP contribution in [-0.4, -0.2) is 22.2 Å². The normalized spacial score (nSPS) is 12.6. The van der Waals surface area contributed by atoms with Gasteiger partial charge in [-0.05, 0) is 37.1 Å². The van der Waals surface area contributed by atoms with Gasteiger partial charge in [-0.1, -0.05) is 11.6 Å². The van der Waals surface area contributed by atoms with E-state index in [-0.39, 0.29) is 6.04 Å². The number of aromatic amines is 1. The van der Waals surface area contributed by atoms with E-state index in [4.69, 9.17) is 16.7 Å². The van der Waals surface area contributed by atoms with Crippen LogP contribution in [0.1, 0.15) is 12.5 Å². The van der Waals surface area contributed by atoms with E-state index in [2.05, 4.69) is 10.3 Å². The van der Waals surface area contributed by atoms with Crippen LogP contribution in [0.2, 0.25) is 5.02 Å². The third kappa shape index (κ3) is 2.71. The predicted molar refractivity (Wildman–Crippen MR) is 67.6 cm³/mol. The Morgan fingerprint density at radius 3 is 3.06 bits per heavy atom. The average molecular weight is 253 g/mol. The molecule has 1 atom stereocenters. The zero-order valence-corrected chi connectivity index (χ0v) is 10.1. The molecular formula is C12H13ClN2O2. The molecule has 0 spiro atoms. The molecule has 0 aliphatic carbocycles. The number of fused-ring (bicyclic) bond motifs is 1. The number of H-pyrrole nitrogens is 1. The molecule has 5 heteroatoms.